The fraction of sp³-hybridized carbons (Fsp3) is 0.381. The summed E-state index contributed by atoms with van der Waals surface area (Å²) in [6.45, 7) is 5.79. The Hall–Kier alpha value is -2.22. The molecule has 1 heterocycles. The monoisotopic (exact) mass is 456 g/mol. The molecule has 0 aliphatic rings. The van der Waals surface area contributed by atoms with E-state index in [1.165, 1.54) is 24.4 Å². The molecule has 0 aliphatic heterocycles. The van der Waals surface area contributed by atoms with Gasteiger partial charge in [0.2, 0.25) is 5.91 Å². The lowest BCUT2D eigenvalue weighted by Gasteiger charge is -2.28. The molecular formula is C21H27Cl2FN4O2. The number of rotatable bonds is 9. The number of primary amides is 1. The van der Waals surface area contributed by atoms with Crippen molar-refractivity contribution in [3.8, 4) is 0 Å². The quantitative estimate of drug-likeness (QED) is 0.492. The number of aromatic nitrogens is 1. The number of carbonyl (C=O) groups is 2. The average molecular weight is 457 g/mol. The molecule has 0 fully saturated rings. The maximum atomic E-state index is 15.4. The van der Waals surface area contributed by atoms with Gasteiger partial charge >= 0.3 is 0 Å². The van der Waals surface area contributed by atoms with Crippen molar-refractivity contribution in [1.29, 1.82) is 0 Å². The molecule has 0 unspecified atom stereocenters. The summed E-state index contributed by atoms with van der Waals surface area (Å²) in [6.07, 6.45) is 1.96. The number of benzene rings is 1. The Morgan fingerprint density at radius 3 is 2.40 bits per heavy atom. The van der Waals surface area contributed by atoms with Crippen LogP contribution in [0.4, 0.5) is 10.2 Å². The van der Waals surface area contributed by atoms with Crippen molar-refractivity contribution >= 4 is 41.5 Å². The fourth-order valence-electron chi connectivity index (χ4n) is 3.12. The zero-order valence-corrected chi connectivity index (χ0v) is 18.7. The third-order valence-corrected chi connectivity index (χ3v) is 5.14. The van der Waals surface area contributed by atoms with E-state index in [0.717, 1.165) is 0 Å². The van der Waals surface area contributed by atoms with Gasteiger partial charge in [-0.15, -0.1) is 12.4 Å². The zero-order valence-electron chi connectivity index (χ0n) is 17.1. The Morgan fingerprint density at radius 1 is 1.23 bits per heavy atom. The van der Waals surface area contributed by atoms with Gasteiger partial charge in [-0.3, -0.25) is 9.59 Å². The second kappa shape index (κ2) is 11.2. The molecule has 0 radical (unpaired) electrons. The van der Waals surface area contributed by atoms with E-state index < -0.39 is 23.5 Å². The summed E-state index contributed by atoms with van der Waals surface area (Å²) in [5.74, 6) is -1.34. The molecule has 9 heteroatoms. The molecule has 0 saturated heterocycles. The Balaban J connectivity index is 0.00000450. The number of pyridine rings is 1. The first-order valence-electron chi connectivity index (χ1n) is 9.44. The Kier molecular flexibility index (Phi) is 9.68. The van der Waals surface area contributed by atoms with Crippen molar-refractivity contribution in [2.45, 2.75) is 45.7 Å². The van der Waals surface area contributed by atoms with Crippen molar-refractivity contribution in [2.24, 2.45) is 11.7 Å². The summed E-state index contributed by atoms with van der Waals surface area (Å²) in [7, 11) is 0. The van der Waals surface area contributed by atoms with E-state index in [9.17, 15) is 9.59 Å². The number of hydrogen-bond donors (Lipinski definition) is 3. The minimum absolute atomic E-state index is 0. The zero-order chi connectivity index (χ0) is 21.7. The third kappa shape index (κ3) is 6.14. The van der Waals surface area contributed by atoms with Crippen LogP contribution >= 0.6 is 24.0 Å². The van der Waals surface area contributed by atoms with Gasteiger partial charge in [-0.2, -0.15) is 0 Å². The predicted octanol–water partition coefficient (Wildman–Crippen LogP) is 4.05. The molecule has 6 nitrogen and oxygen atoms in total. The van der Waals surface area contributed by atoms with Gasteiger partial charge in [-0.05, 0) is 30.5 Å². The first-order chi connectivity index (χ1) is 13.6. The number of nitrogens with two attached hydrogens (primary N) is 2. The highest BCUT2D eigenvalue weighted by molar-refractivity contribution is 6.35. The van der Waals surface area contributed by atoms with E-state index in [4.69, 9.17) is 23.1 Å². The number of anilines is 1. The molecule has 1 aromatic heterocycles. The van der Waals surface area contributed by atoms with Gasteiger partial charge in [-0.1, -0.05) is 38.4 Å². The van der Waals surface area contributed by atoms with Crippen LogP contribution in [-0.4, -0.2) is 22.7 Å². The molecule has 1 aromatic carbocycles. The van der Waals surface area contributed by atoms with Crippen LogP contribution in [0, 0.1) is 11.7 Å². The molecule has 30 heavy (non-hydrogen) atoms. The van der Waals surface area contributed by atoms with Gasteiger partial charge in [0.1, 0.15) is 11.6 Å². The van der Waals surface area contributed by atoms with Crippen LogP contribution in [-0.2, 0) is 4.79 Å². The SMILES string of the molecule is CC[C@@H](N[C@H](CC(N)=O)C(C)C)c1ccc(Cl)c(C(=O)c2ccc(N)nc2)c1F.Cl. The lowest BCUT2D eigenvalue weighted by molar-refractivity contribution is -0.118. The van der Waals surface area contributed by atoms with E-state index in [-0.39, 0.29) is 52.8 Å². The smallest absolute Gasteiger partial charge is 0.218 e. The van der Waals surface area contributed by atoms with E-state index in [2.05, 4.69) is 10.3 Å². The molecule has 1 amide bonds. The molecule has 0 bridgehead atoms. The Bertz CT molecular complexity index is 891. The van der Waals surface area contributed by atoms with Gasteiger partial charge in [0.05, 0.1) is 10.6 Å². The second-order valence-electron chi connectivity index (χ2n) is 7.27. The Labute approximate surface area is 187 Å². The highest BCUT2D eigenvalue weighted by Crippen LogP contribution is 2.30. The van der Waals surface area contributed by atoms with E-state index >= 15 is 4.39 Å². The lowest BCUT2D eigenvalue weighted by Crippen LogP contribution is -2.40. The van der Waals surface area contributed by atoms with Crippen molar-refractivity contribution in [3.05, 3.63) is 58.0 Å². The highest BCUT2D eigenvalue weighted by Gasteiger charge is 2.26. The molecule has 0 saturated carbocycles. The minimum atomic E-state index is -0.694. The van der Waals surface area contributed by atoms with Crippen LogP contribution in [0.5, 0.6) is 0 Å². The number of halogens is 3. The Morgan fingerprint density at radius 2 is 1.90 bits per heavy atom. The standard InChI is InChI=1S/C21H26ClFN4O2.ClH/c1-4-15(27-16(11(2)3)9-18(25)28)13-6-7-14(22)19(20(13)23)21(29)12-5-8-17(24)26-10-12;/h5-8,10-11,15-16,27H,4,9H2,1-3H3,(H2,24,26)(H2,25,28);1H/t15-,16-;/m1./s1. The largest absolute Gasteiger partial charge is 0.384 e. The van der Waals surface area contributed by atoms with Crippen molar-refractivity contribution in [3.63, 3.8) is 0 Å². The molecule has 0 spiro atoms. The van der Waals surface area contributed by atoms with Crippen LogP contribution in [0.2, 0.25) is 5.02 Å². The van der Waals surface area contributed by atoms with E-state index in [0.29, 0.717) is 12.0 Å². The predicted molar refractivity (Wildman–Crippen MR) is 119 cm³/mol. The summed E-state index contributed by atoms with van der Waals surface area (Å²) in [5, 5.41) is 3.31. The number of amides is 1. The van der Waals surface area contributed by atoms with Gasteiger partial charge in [0.15, 0.2) is 5.78 Å². The molecular weight excluding hydrogens is 430 g/mol. The summed E-state index contributed by atoms with van der Waals surface area (Å²) in [6, 6.07) is 5.35. The number of nitrogens with zero attached hydrogens (tertiary/aromatic N) is 1. The summed E-state index contributed by atoms with van der Waals surface area (Å²) < 4.78 is 15.4. The normalized spacial score (nSPS) is 12.9. The van der Waals surface area contributed by atoms with Crippen molar-refractivity contribution in [2.75, 3.05) is 5.73 Å². The first kappa shape index (κ1) is 25.8. The topological polar surface area (TPSA) is 111 Å². The average Bonchev–Trinajstić information content (AvgIpc) is 2.65. The molecule has 164 valence electrons. The minimum Gasteiger partial charge on any atom is -0.384 e. The fourth-order valence-corrected chi connectivity index (χ4v) is 3.35. The molecule has 2 aromatic rings. The number of carbonyl (C=O) groups excluding carboxylic acids is 2. The van der Waals surface area contributed by atoms with Gasteiger partial charge in [-0.25, -0.2) is 9.37 Å². The van der Waals surface area contributed by atoms with E-state index in [1.54, 1.807) is 6.07 Å². The number of hydrogen-bond acceptors (Lipinski definition) is 5. The number of nitrogens with one attached hydrogen (secondary N) is 1. The highest BCUT2D eigenvalue weighted by atomic mass is 35.5. The van der Waals surface area contributed by atoms with E-state index in [1.807, 2.05) is 20.8 Å². The molecule has 5 N–H and O–H groups in total. The van der Waals surface area contributed by atoms with Gasteiger partial charge < -0.3 is 16.8 Å². The van der Waals surface area contributed by atoms with Crippen LogP contribution in [0.25, 0.3) is 0 Å². The first-order valence-corrected chi connectivity index (χ1v) is 9.81. The van der Waals surface area contributed by atoms with Gasteiger partial charge in [0, 0.05) is 35.8 Å². The lowest BCUT2D eigenvalue weighted by atomic mass is 9.94. The van der Waals surface area contributed by atoms with Crippen molar-refractivity contribution in [1.82, 2.24) is 10.3 Å². The number of nitrogen functional groups attached to an aromatic ring is 1. The molecule has 0 aliphatic carbocycles. The van der Waals surface area contributed by atoms with Crippen LogP contribution < -0.4 is 16.8 Å². The van der Waals surface area contributed by atoms with Crippen LogP contribution in [0.15, 0.2) is 30.5 Å². The third-order valence-electron chi connectivity index (χ3n) is 4.82. The second-order valence-corrected chi connectivity index (χ2v) is 7.68. The number of ketones is 1. The maximum Gasteiger partial charge on any atom is 0.218 e. The summed E-state index contributed by atoms with van der Waals surface area (Å²) in [5.41, 5.74) is 11.2. The van der Waals surface area contributed by atoms with Crippen LogP contribution in [0.1, 0.15) is 61.1 Å². The van der Waals surface area contributed by atoms with Gasteiger partial charge in [0.25, 0.3) is 0 Å². The molecule has 2 atom stereocenters. The van der Waals surface area contributed by atoms with Crippen molar-refractivity contribution < 1.29 is 14.0 Å². The maximum absolute atomic E-state index is 15.4. The van der Waals surface area contributed by atoms with Crippen LogP contribution in [0.3, 0.4) is 0 Å². The summed E-state index contributed by atoms with van der Waals surface area (Å²) >= 11 is 6.16. The summed E-state index contributed by atoms with van der Waals surface area (Å²) in [4.78, 5) is 28.1. The molecule has 2 rings (SSSR count).